The summed E-state index contributed by atoms with van der Waals surface area (Å²) in [4.78, 5) is 42.4. The molecule has 32 heavy (non-hydrogen) atoms. The summed E-state index contributed by atoms with van der Waals surface area (Å²) in [5.74, 6) is -1.31. The van der Waals surface area contributed by atoms with Gasteiger partial charge in [0.15, 0.2) is 5.54 Å². The molecule has 0 aliphatic carbocycles. The first-order chi connectivity index (χ1) is 15.4. The van der Waals surface area contributed by atoms with Gasteiger partial charge < -0.3 is 10.1 Å². The highest BCUT2D eigenvalue weighted by atomic mass is 79.9. The minimum absolute atomic E-state index is 0.00876. The molecule has 1 heterocycles. The van der Waals surface area contributed by atoms with Crippen molar-refractivity contribution in [3.8, 4) is 0 Å². The van der Waals surface area contributed by atoms with Gasteiger partial charge in [-0.25, -0.2) is 9.78 Å². The number of carbonyl (C=O) groups excluding carboxylic acids is 3. The van der Waals surface area contributed by atoms with Gasteiger partial charge in [-0.2, -0.15) is 0 Å². The highest BCUT2D eigenvalue weighted by Gasteiger charge is 2.47. The van der Waals surface area contributed by atoms with Gasteiger partial charge in [-0.15, -0.1) is 0 Å². The number of amides is 1. The standard InChI is InChI=1S/C23H21Br2N3O4/c1-32-22(31)23(19(25)13-24,27-20(29)16-8-4-2-5-9-16)12-18-14-28(15-26-18)21(30)17-10-6-3-7-11-17/h2-11,14-15,19H,12-13H2,1H3,(H,27,29). The predicted molar refractivity (Wildman–Crippen MR) is 127 cm³/mol. The van der Waals surface area contributed by atoms with E-state index in [1.165, 1.54) is 18.0 Å². The molecule has 3 rings (SSSR count). The van der Waals surface area contributed by atoms with Crippen molar-refractivity contribution in [2.45, 2.75) is 16.8 Å². The lowest BCUT2D eigenvalue weighted by atomic mass is 9.89. The lowest BCUT2D eigenvalue weighted by molar-refractivity contribution is -0.148. The Morgan fingerprint density at radius 2 is 1.66 bits per heavy atom. The van der Waals surface area contributed by atoms with Gasteiger partial charge in [-0.3, -0.25) is 14.2 Å². The van der Waals surface area contributed by atoms with Crippen molar-refractivity contribution in [1.82, 2.24) is 14.9 Å². The first-order valence-electron chi connectivity index (χ1n) is 9.70. The molecule has 0 bridgehead atoms. The number of aromatic nitrogens is 2. The van der Waals surface area contributed by atoms with E-state index in [4.69, 9.17) is 4.74 Å². The third-order valence-corrected chi connectivity index (χ3v) is 7.57. The third-order valence-electron chi connectivity index (χ3n) is 4.94. The van der Waals surface area contributed by atoms with Gasteiger partial charge in [-0.05, 0) is 24.3 Å². The van der Waals surface area contributed by atoms with Crippen LogP contribution >= 0.6 is 31.9 Å². The lowest BCUT2D eigenvalue weighted by Gasteiger charge is -2.35. The average Bonchev–Trinajstić information content (AvgIpc) is 3.31. The summed E-state index contributed by atoms with van der Waals surface area (Å²) in [7, 11) is 1.26. The van der Waals surface area contributed by atoms with Crippen molar-refractivity contribution in [3.63, 3.8) is 0 Å². The van der Waals surface area contributed by atoms with Crippen LogP contribution in [0.1, 0.15) is 26.4 Å². The quantitative estimate of drug-likeness (QED) is 0.334. The second-order valence-electron chi connectivity index (χ2n) is 7.03. The minimum Gasteiger partial charge on any atom is -0.467 e. The normalized spacial score (nSPS) is 13.6. The van der Waals surface area contributed by atoms with E-state index >= 15 is 0 Å². The Balaban J connectivity index is 1.94. The van der Waals surface area contributed by atoms with Crippen molar-refractivity contribution >= 4 is 49.6 Å². The number of esters is 1. The maximum atomic E-state index is 13.0. The van der Waals surface area contributed by atoms with E-state index in [9.17, 15) is 14.4 Å². The lowest BCUT2D eigenvalue weighted by Crippen LogP contribution is -2.62. The molecule has 0 saturated heterocycles. The second-order valence-corrected chi connectivity index (χ2v) is 8.78. The summed E-state index contributed by atoms with van der Waals surface area (Å²) in [6.45, 7) is 0. The Bertz CT molecular complexity index is 1090. The second kappa shape index (κ2) is 10.7. The highest BCUT2D eigenvalue weighted by molar-refractivity contribution is 9.12. The van der Waals surface area contributed by atoms with Crippen LogP contribution in [-0.2, 0) is 16.0 Å². The van der Waals surface area contributed by atoms with Crippen molar-refractivity contribution in [2.24, 2.45) is 0 Å². The van der Waals surface area contributed by atoms with Gasteiger partial charge >= 0.3 is 5.97 Å². The van der Waals surface area contributed by atoms with E-state index in [2.05, 4.69) is 42.2 Å². The van der Waals surface area contributed by atoms with Crippen LogP contribution in [0, 0.1) is 0 Å². The fourth-order valence-electron chi connectivity index (χ4n) is 3.24. The molecular formula is C23H21Br2N3O4. The number of alkyl halides is 2. The number of methoxy groups -OCH3 is 1. The van der Waals surface area contributed by atoms with Crippen molar-refractivity contribution in [1.29, 1.82) is 0 Å². The number of hydrogen-bond donors (Lipinski definition) is 1. The predicted octanol–water partition coefficient (Wildman–Crippen LogP) is 3.61. The Kier molecular flexibility index (Phi) is 7.98. The summed E-state index contributed by atoms with van der Waals surface area (Å²) >= 11 is 6.89. The molecule has 3 aromatic rings. The zero-order valence-electron chi connectivity index (χ0n) is 17.2. The average molecular weight is 563 g/mol. The van der Waals surface area contributed by atoms with Crippen molar-refractivity contribution in [2.75, 3.05) is 12.4 Å². The smallest absolute Gasteiger partial charge is 0.333 e. The van der Waals surface area contributed by atoms with E-state index in [1.807, 2.05) is 6.07 Å². The third kappa shape index (κ3) is 5.16. The Morgan fingerprint density at radius 3 is 2.22 bits per heavy atom. The number of rotatable bonds is 8. The molecule has 0 spiro atoms. The first-order valence-corrected chi connectivity index (χ1v) is 11.7. The molecule has 166 valence electrons. The topological polar surface area (TPSA) is 90.3 Å². The molecule has 2 aromatic carbocycles. The minimum atomic E-state index is -1.47. The molecule has 1 aromatic heterocycles. The van der Waals surface area contributed by atoms with Crippen molar-refractivity contribution < 1.29 is 19.1 Å². The molecule has 1 amide bonds. The monoisotopic (exact) mass is 561 g/mol. The molecule has 0 aliphatic heterocycles. The molecule has 7 nitrogen and oxygen atoms in total. The van der Waals surface area contributed by atoms with E-state index in [0.29, 0.717) is 22.2 Å². The van der Waals surface area contributed by atoms with E-state index in [0.717, 1.165) is 0 Å². The molecule has 9 heteroatoms. The Morgan fingerprint density at radius 1 is 1.06 bits per heavy atom. The maximum Gasteiger partial charge on any atom is 0.333 e. The fourth-order valence-corrected chi connectivity index (χ4v) is 4.26. The summed E-state index contributed by atoms with van der Waals surface area (Å²) in [6, 6.07) is 17.4. The molecule has 2 atom stereocenters. The first kappa shape index (κ1) is 23.9. The fraction of sp³-hybridized carbons (Fsp3) is 0.217. The van der Waals surface area contributed by atoms with Crippen molar-refractivity contribution in [3.05, 3.63) is 90.0 Å². The van der Waals surface area contributed by atoms with Crippen LogP contribution in [0.5, 0.6) is 0 Å². The number of halogens is 2. The van der Waals surface area contributed by atoms with E-state index in [-0.39, 0.29) is 12.3 Å². The van der Waals surface area contributed by atoms with Crippen LogP contribution < -0.4 is 5.32 Å². The van der Waals surface area contributed by atoms with Gasteiger partial charge in [0.25, 0.3) is 11.8 Å². The van der Waals surface area contributed by atoms with Crippen LogP contribution in [0.15, 0.2) is 73.2 Å². The molecular weight excluding hydrogens is 542 g/mol. The van der Waals surface area contributed by atoms with Gasteiger partial charge in [0.2, 0.25) is 0 Å². The number of imidazole rings is 1. The summed E-state index contributed by atoms with van der Waals surface area (Å²) in [5, 5.41) is 3.19. The molecule has 1 N–H and O–H groups in total. The van der Waals surface area contributed by atoms with Gasteiger partial charge in [0.1, 0.15) is 6.33 Å². The van der Waals surface area contributed by atoms with Crippen LogP contribution in [0.2, 0.25) is 0 Å². The van der Waals surface area contributed by atoms with Crippen LogP contribution in [0.25, 0.3) is 0 Å². The number of benzene rings is 2. The Labute approximate surface area is 202 Å². The molecule has 0 radical (unpaired) electrons. The number of nitrogens with one attached hydrogen (secondary N) is 1. The summed E-state index contributed by atoms with van der Waals surface area (Å²) < 4.78 is 6.42. The maximum absolute atomic E-state index is 13.0. The van der Waals surface area contributed by atoms with E-state index in [1.54, 1.807) is 60.8 Å². The molecule has 0 saturated carbocycles. The Hall–Kier alpha value is -2.78. The SMILES string of the molecule is COC(=O)C(Cc1cn(C(=O)c2ccccc2)cn1)(NC(=O)c1ccccc1)C(Br)CBr. The number of nitrogens with zero attached hydrogens (tertiary/aromatic N) is 2. The number of carbonyl (C=O) groups is 3. The molecule has 2 unspecified atom stereocenters. The zero-order chi connectivity index (χ0) is 23.1. The van der Waals surface area contributed by atoms with Crippen LogP contribution in [0.4, 0.5) is 0 Å². The van der Waals surface area contributed by atoms with E-state index < -0.39 is 22.2 Å². The van der Waals surface area contributed by atoms with Gasteiger partial charge in [0.05, 0.1) is 17.6 Å². The highest BCUT2D eigenvalue weighted by Crippen LogP contribution is 2.27. The number of ether oxygens (including phenoxy) is 1. The molecule has 0 fully saturated rings. The number of hydrogen-bond acceptors (Lipinski definition) is 5. The summed E-state index contributed by atoms with van der Waals surface area (Å²) in [6.07, 6.45) is 2.95. The van der Waals surface area contributed by atoms with Gasteiger partial charge in [-0.1, -0.05) is 68.3 Å². The molecule has 0 aliphatic rings. The largest absolute Gasteiger partial charge is 0.467 e. The summed E-state index contributed by atoms with van der Waals surface area (Å²) in [5.41, 5.74) is -0.120. The zero-order valence-corrected chi connectivity index (χ0v) is 20.4. The van der Waals surface area contributed by atoms with Crippen LogP contribution in [-0.4, -0.2) is 50.1 Å². The van der Waals surface area contributed by atoms with Gasteiger partial charge in [0, 0.05) is 29.1 Å². The van der Waals surface area contributed by atoms with Crippen LogP contribution in [0.3, 0.4) is 0 Å².